The molecule has 0 saturated carbocycles. The van der Waals surface area contributed by atoms with Gasteiger partial charge >= 0.3 is 0 Å². The van der Waals surface area contributed by atoms with Gasteiger partial charge in [-0.2, -0.15) is 0 Å². The predicted molar refractivity (Wildman–Crippen MR) is 58.8 cm³/mol. The maximum Gasteiger partial charge on any atom is 0.266 e. The van der Waals surface area contributed by atoms with E-state index in [1.165, 1.54) is 24.4 Å². The maximum absolute atomic E-state index is 11.8. The fraction of sp³-hybridized carbons (Fsp3) is 0. The van der Waals surface area contributed by atoms with Crippen molar-refractivity contribution in [1.82, 2.24) is 9.59 Å². The molecular formula is C8H7N3O3S2. The molecule has 1 heterocycles. The average molecular weight is 257 g/mol. The third kappa shape index (κ3) is 2.12. The van der Waals surface area contributed by atoms with Crippen LogP contribution >= 0.6 is 11.5 Å². The van der Waals surface area contributed by atoms with Crippen molar-refractivity contribution < 1.29 is 13.5 Å². The molecule has 0 aliphatic rings. The van der Waals surface area contributed by atoms with E-state index in [-0.39, 0.29) is 10.6 Å². The summed E-state index contributed by atoms with van der Waals surface area (Å²) in [5.41, 5.74) is 0. The number of para-hydroxylation sites is 1. The summed E-state index contributed by atoms with van der Waals surface area (Å²) in [5.74, 6) is -0.299. The molecule has 0 saturated heterocycles. The first kappa shape index (κ1) is 10.8. The summed E-state index contributed by atoms with van der Waals surface area (Å²) in [7, 11) is -3.78. The van der Waals surface area contributed by atoms with Gasteiger partial charge in [0.2, 0.25) is 0 Å². The van der Waals surface area contributed by atoms with Crippen molar-refractivity contribution >= 4 is 26.6 Å². The number of phenols is 1. The summed E-state index contributed by atoms with van der Waals surface area (Å²) in [6.07, 6.45) is 1.29. The van der Waals surface area contributed by atoms with Crippen LogP contribution in [0.4, 0.5) is 5.00 Å². The molecule has 84 valence electrons. The number of benzene rings is 1. The number of phenolic OH excluding ortho intramolecular Hbond substituents is 1. The van der Waals surface area contributed by atoms with Crippen LogP contribution < -0.4 is 4.72 Å². The van der Waals surface area contributed by atoms with E-state index >= 15 is 0 Å². The Balaban J connectivity index is 2.37. The zero-order chi connectivity index (χ0) is 11.6. The topological polar surface area (TPSA) is 92.2 Å². The van der Waals surface area contributed by atoms with Gasteiger partial charge in [0.1, 0.15) is 15.6 Å². The van der Waals surface area contributed by atoms with Crippen LogP contribution in [0.25, 0.3) is 0 Å². The molecule has 2 rings (SSSR count). The highest BCUT2D eigenvalue weighted by Gasteiger charge is 2.18. The molecule has 0 bridgehead atoms. The highest BCUT2D eigenvalue weighted by Crippen LogP contribution is 2.24. The molecule has 0 spiro atoms. The number of hydrogen-bond acceptors (Lipinski definition) is 6. The number of nitrogens with one attached hydrogen (secondary N) is 1. The summed E-state index contributed by atoms with van der Waals surface area (Å²) >= 11 is 0.917. The number of hydrogen-bond donors (Lipinski definition) is 2. The standard InChI is InChI=1S/C8H7N3O3S2/c12-6-3-1-2-4-7(6)16(13,14)10-8-5-9-11-15-8/h1-5,10,12H. The molecule has 0 atom stereocenters. The molecule has 8 heteroatoms. The van der Waals surface area contributed by atoms with Crippen LogP contribution in [-0.2, 0) is 10.0 Å². The van der Waals surface area contributed by atoms with Crippen molar-refractivity contribution in [2.45, 2.75) is 4.90 Å². The van der Waals surface area contributed by atoms with Crippen LogP contribution in [0.1, 0.15) is 0 Å². The number of aromatic hydroxyl groups is 1. The Kier molecular flexibility index (Phi) is 2.75. The highest BCUT2D eigenvalue weighted by atomic mass is 32.2. The Labute approximate surface area is 95.8 Å². The Hall–Kier alpha value is -1.67. The predicted octanol–water partition coefficient (Wildman–Crippen LogP) is 1.04. The van der Waals surface area contributed by atoms with E-state index in [0.29, 0.717) is 5.00 Å². The fourth-order valence-corrected chi connectivity index (χ4v) is 2.87. The maximum atomic E-state index is 11.8. The van der Waals surface area contributed by atoms with Crippen LogP contribution in [0.3, 0.4) is 0 Å². The Morgan fingerprint density at radius 3 is 2.69 bits per heavy atom. The fourth-order valence-electron chi connectivity index (χ4n) is 1.08. The first-order valence-electron chi connectivity index (χ1n) is 4.18. The summed E-state index contributed by atoms with van der Waals surface area (Å²) in [6, 6.07) is 5.69. The van der Waals surface area contributed by atoms with Crippen molar-refractivity contribution in [3.8, 4) is 5.75 Å². The Morgan fingerprint density at radius 2 is 2.06 bits per heavy atom. The van der Waals surface area contributed by atoms with Crippen LogP contribution in [0.5, 0.6) is 5.75 Å². The van der Waals surface area contributed by atoms with Crippen molar-refractivity contribution in [1.29, 1.82) is 0 Å². The molecule has 16 heavy (non-hydrogen) atoms. The van der Waals surface area contributed by atoms with Gasteiger partial charge in [-0.15, -0.1) is 5.10 Å². The third-order valence-electron chi connectivity index (χ3n) is 1.75. The van der Waals surface area contributed by atoms with Crippen LogP contribution in [0, 0.1) is 0 Å². The van der Waals surface area contributed by atoms with Gasteiger partial charge in [0.05, 0.1) is 6.20 Å². The molecular weight excluding hydrogens is 250 g/mol. The summed E-state index contributed by atoms with van der Waals surface area (Å²) < 4.78 is 29.4. The number of aromatic nitrogens is 2. The molecule has 2 aromatic rings. The van der Waals surface area contributed by atoms with Gasteiger partial charge in [-0.25, -0.2) is 8.42 Å². The van der Waals surface area contributed by atoms with E-state index in [4.69, 9.17) is 0 Å². The molecule has 2 N–H and O–H groups in total. The Morgan fingerprint density at radius 1 is 1.31 bits per heavy atom. The summed E-state index contributed by atoms with van der Waals surface area (Å²) in [4.78, 5) is -0.177. The van der Waals surface area contributed by atoms with Crippen LogP contribution in [0.15, 0.2) is 35.4 Å². The van der Waals surface area contributed by atoms with Gasteiger partial charge in [-0.3, -0.25) is 4.72 Å². The van der Waals surface area contributed by atoms with E-state index < -0.39 is 10.0 Å². The van der Waals surface area contributed by atoms with Gasteiger partial charge < -0.3 is 5.11 Å². The molecule has 0 unspecified atom stereocenters. The monoisotopic (exact) mass is 257 g/mol. The smallest absolute Gasteiger partial charge is 0.266 e. The van der Waals surface area contributed by atoms with Gasteiger partial charge in [0, 0.05) is 11.5 Å². The van der Waals surface area contributed by atoms with E-state index in [1.54, 1.807) is 6.07 Å². The number of anilines is 1. The number of rotatable bonds is 3. The average Bonchev–Trinajstić information content (AvgIpc) is 2.70. The molecule has 1 aromatic carbocycles. The lowest BCUT2D eigenvalue weighted by Gasteiger charge is -2.06. The van der Waals surface area contributed by atoms with Crippen LogP contribution in [0.2, 0.25) is 0 Å². The zero-order valence-corrected chi connectivity index (χ0v) is 9.49. The molecule has 0 fully saturated rings. The lowest BCUT2D eigenvalue weighted by atomic mass is 10.3. The van der Waals surface area contributed by atoms with E-state index in [2.05, 4.69) is 14.3 Å². The van der Waals surface area contributed by atoms with Gasteiger partial charge in [0.15, 0.2) is 0 Å². The van der Waals surface area contributed by atoms with Gasteiger partial charge in [0.25, 0.3) is 10.0 Å². The lowest BCUT2D eigenvalue weighted by molar-refractivity contribution is 0.459. The number of nitrogens with zero attached hydrogens (tertiary/aromatic N) is 2. The minimum atomic E-state index is -3.78. The Bertz CT molecular complexity index is 580. The number of sulfonamides is 1. The third-order valence-corrected chi connectivity index (χ3v) is 3.87. The van der Waals surface area contributed by atoms with Gasteiger partial charge in [-0.05, 0) is 12.1 Å². The minimum absolute atomic E-state index is 0.177. The van der Waals surface area contributed by atoms with Gasteiger partial charge in [-0.1, -0.05) is 16.6 Å². The second-order valence-electron chi connectivity index (χ2n) is 2.85. The minimum Gasteiger partial charge on any atom is -0.507 e. The molecule has 6 nitrogen and oxygen atoms in total. The van der Waals surface area contributed by atoms with Crippen LogP contribution in [-0.4, -0.2) is 23.1 Å². The molecule has 0 amide bonds. The molecule has 1 aromatic heterocycles. The SMILES string of the molecule is O=S(=O)(Nc1cnns1)c1ccccc1O. The van der Waals surface area contributed by atoms with E-state index in [1.807, 2.05) is 0 Å². The lowest BCUT2D eigenvalue weighted by Crippen LogP contribution is -2.12. The highest BCUT2D eigenvalue weighted by molar-refractivity contribution is 7.93. The van der Waals surface area contributed by atoms with Crippen molar-refractivity contribution in [2.75, 3.05) is 4.72 Å². The largest absolute Gasteiger partial charge is 0.507 e. The van der Waals surface area contributed by atoms with E-state index in [0.717, 1.165) is 11.5 Å². The summed E-state index contributed by atoms with van der Waals surface area (Å²) in [6.45, 7) is 0. The first-order chi connectivity index (χ1) is 7.59. The van der Waals surface area contributed by atoms with Crippen molar-refractivity contribution in [3.05, 3.63) is 30.5 Å². The molecule has 0 radical (unpaired) electrons. The molecule has 0 aliphatic carbocycles. The quantitative estimate of drug-likeness (QED) is 0.857. The second-order valence-corrected chi connectivity index (χ2v) is 5.29. The second kappa shape index (κ2) is 4.06. The summed E-state index contributed by atoms with van der Waals surface area (Å²) in [5, 5.41) is 13.2. The first-order valence-corrected chi connectivity index (χ1v) is 6.43. The van der Waals surface area contributed by atoms with E-state index in [9.17, 15) is 13.5 Å². The van der Waals surface area contributed by atoms with Crippen molar-refractivity contribution in [3.63, 3.8) is 0 Å². The normalized spacial score (nSPS) is 11.2. The molecule has 0 aliphatic heterocycles. The zero-order valence-electron chi connectivity index (χ0n) is 7.86. The van der Waals surface area contributed by atoms with Crippen molar-refractivity contribution in [2.24, 2.45) is 0 Å².